The molecule has 0 aliphatic heterocycles. The molecule has 0 saturated carbocycles. The van der Waals surface area contributed by atoms with E-state index in [1.165, 1.54) is 10.8 Å². The van der Waals surface area contributed by atoms with E-state index >= 15 is 0 Å². The fraction of sp³-hybridized carbons (Fsp3) is 0.0769. The number of aromatic nitrogens is 1. The monoisotopic (exact) mass is 426 g/mol. The Hall–Kier alpha value is -3.41. The molecule has 5 heteroatoms. The van der Waals surface area contributed by atoms with Gasteiger partial charge in [0.1, 0.15) is 5.03 Å². The van der Waals surface area contributed by atoms with Crippen molar-refractivity contribution in [2.45, 2.75) is 16.3 Å². The van der Waals surface area contributed by atoms with E-state index in [2.05, 4.69) is 41.4 Å². The predicted molar refractivity (Wildman–Crippen MR) is 126 cm³/mol. The van der Waals surface area contributed by atoms with Gasteiger partial charge in [0.15, 0.2) is 0 Å². The number of benzene rings is 4. The molecule has 0 atom stereocenters. The zero-order valence-corrected chi connectivity index (χ0v) is 17.7. The van der Waals surface area contributed by atoms with Crippen LogP contribution in [0.3, 0.4) is 0 Å². The van der Waals surface area contributed by atoms with Crippen molar-refractivity contribution in [2.24, 2.45) is 5.73 Å². The Balaban J connectivity index is 1.69. The number of H-pyrrole nitrogens is 1. The molecule has 4 nitrogen and oxygen atoms in total. The van der Waals surface area contributed by atoms with Gasteiger partial charge in [0.05, 0.1) is 4.90 Å². The highest BCUT2D eigenvalue weighted by Crippen LogP contribution is 2.34. The number of nitrogens with one attached hydrogen (secondary N) is 1. The molecule has 4 aromatic carbocycles. The van der Waals surface area contributed by atoms with Crippen LogP contribution in [0.5, 0.6) is 0 Å². The first kappa shape index (κ1) is 19.5. The van der Waals surface area contributed by atoms with Crippen molar-refractivity contribution in [1.29, 1.82) is 0 Å². The van der Waals surface area contributed by atoms with E-state index in [9.17, 15) is 8.42 Å². The first-order chi connectivity index (χ1) is 15.1. The molecule has 0 fully saturated rings. The second kappa shape index (κ2) is 7.69. The fourth-order valence-electron chi connectivity index (χ4n) is 4.11. The lowest BCUT2D eigenvalue weighted by molar-refractivity contribution is 0.592. The number of rotatable bonds is 5. The molecule has 1 heterocycles. The lowest BCUT2D eigenvalue weighted by Gasteiger charge is -2.07. The first-order valence-corrected chi connectivity index (χ1v) is 11.7. The summed E-state index contributed by atoms with van der Waals surface area (Å²) < 4.78 is 26.7. The minimum Gasteiger partial charge on any atom is -0.345 e. The summed E-state index contributed by atoms with van der Waals surface area (Å²) in [6.45, 7) is 0.366. The van der Waals surface area contributed by atoms with Gasteiger partial charge in [0.2, 0.25) is 9.84 Å². The third kappa shape index (κ3) is 3.42. The standard InChI is InChI=1S/C26H22N2O2S/c27-15-14-23-24-17-21(20-11-10-18-6-4-5-7-19(18)16-20)12-13-25(24)28-26(23)31(29,30)22-8-2-1-3-9-22/h1-13,16-17,28H,14-15,27H2. The maximum Gasteiger partial charge on any atom is 0.222 e. The van der Waals surface area contributed by atoms with Crippen molar-refractivity contribution in [3.63, 3.8) is 0 Å². The van der Waals surface area contributed by atoms with Gasteiger partial charge in [-0.2, -0.15) is 0 Å². The van der Waals surface area contributed by atoms with Crippen LogP contribution < -0.4 is 5.73 Å². The summed E-state index contributed by atoms with van der Waals surface area (Å²) in [5, 5.41) is 3.48. The van der Waals surface area contributed by atoms with E-state index in [0.29, 0.717) is 13.0 Å². The largest absolute Gasteiger partial charge is 0.345 e. The number of sulfone groups is 1. The van der Waals surface area contributed by atoms with Crippen LogP contribution in [0.4, 0.5) is 0 Å². The minimum absolute atomic E-state index is 0.231. The molecule has 0 bridgehead atoms. The lowest BCUT2D eigenvalue weighted by Crippen LogP contribution is -2.09. The lowest BCUT2D eigenvalue weighted by atomic mass is 9.99. The molecule has 0 radical (unpaired) electrons. The van der Waals surface area contributed by atoms with Crippen molar-refractivity contribution in [3.8, 4) is 11.1 Å². The summed E-state index contributed by atoms with van der Waals surface area (Å²) in [4.78, 5) is 3.43. The zero-order valence-electron chi connectivity index (χ0n) is 16.9. The summed E-state index contributed by atoms with van der Waals surface area (Å²) in [7, 11) is -3.67. The molecule has 0 amide bonds. The smallest absolute Gasteiger partial charge is 0.222 e. The van der Waals surface area contributed by atoms with Crippen molar-refractivity contribution in [3.05, 3.63) is 96.6 Å². The van der Waals surface area contributed by atoms with Crippen LogP contribution in [-0.2, 0) is 16.3 Å². The average molecular weight is 427 g/mol. The van der Waals surface area contributed by atoms with Gasteiger partial charge >= 0.3 is 0 Å². The van der Waals surface area contributed by atoms with Gasteiger partial charge in [0, 0.05) is 10.9 Å². The maximum atomic E-state index is 13.3. The molecule has 0 spiro atoms. The molecular weight excluding hydrogens is 404 g/mol. The Morgan fingerprint density at radius 2 is 1.42 bits per heavy atom. The Bertz CT molecular complexity index is 1500. The fourth-order valence-corrected chi connectivity index (χ4v) is 5.64. The molecule has 31 heavy (non-hydrogen) atoms. The van der Waals surface area contributed by atoms with E-state index < -0.39 is 9.84 Å². The molecule has 0 aliphatic carbocycles. The molecule has 0 aliphatic rings. The third-order valence-electron chi connectivity index (χ3n) is 5.67. The maximum absolute atomic E-state index is 13.3. The molecular formula is C26H22N2O2S. The number of nitrogens with two attached hydrogens (primary N) is 1. The molecule has 154 valence electrons. The van der Waals surface area contributed by atoms with Crippen molar-refractivity contribution < 1.29 is 8.42 Å². The highest BCUT2D eigenvalue weighted by molar-refractivity contribution is 7.91. The second-order valence-corrected chi connectivity index (χ2v) is 9.50. The van der Waals surface area contributed by atoms with Crippen LogP contribution in [0.1, 0.15) is 5.56 Å². The molecule has 3 N–H and O–H groups in total. The van der Waals surface area contributed by atoms with E-state index in [1.807, 2.05) is 24.3 Å². The van der Waals surface area contributed by atoms with Gasteiger partial charge in [0.25, 0.3) is 0 Å². The molecule has 0 unspecified atom stereocenters. The Morgan fingerprint density at radius 1 is 0.742 bits per heavy atom. The van der Waals surface area contributed by atoms with Crippen molar-refractivity contribution in [1.82, 2.24) is 4.98 Å². The summed E-state index contributed by atoms with van der Waals surface area (Å²) in [6, 6.07) is 29.2. The number of aromatic amines is 1. The summed E-state index contributed by atoms with van der Waals surface area (Å²) in [6.07, 6.45) is 0.475. The van der Waals surface area contributed by atoms with Crippen LogP contribution >= 0.6 is 0 Å². The predicted octanol–water partition coefficient (Wildman–Crippen LogP) is 5.32. The van der Waals surface area contributed by atoms with E-state index in [-0.39, 0.29) is 9.92 Å². The van der Waals surface area contributed by atoms with Crippen LogP contribution in [0.2, 0.25) is 0 Å². The summed E-state index contributed by atoms with van der Waals surface area (Å²) in [5.74, 6) is 0. The molecule has 0 saturated heterocycles. The number of fused-ring (bicyclic) bond motifs is 2. The highest BCUT2D eigenvalue weighted by Gasteiger charge is 2.25. The zero-order chi connectivity index (χ0) is 21.4. The number of hydrogen-bond donors (Lipinski definition) is 2. The second-order valence-electron chi connectivity index (χ2n) is 7.61. The van der Waals surface area contributed by atoms with Gasteiger partial charge < -0.3 is 10.7 Å². The third-order valence-corrected chi connectivity index (χ3v) is 7.45. The van der Waals surface area contributed by atoms with E-state index in [4.69, 9.17) is 5.73 Å². The quantitative estimate of drug-likeness (QED) is 0.399. The van der Waals surface area contributed by atoms with Crippen molar-refractivity contribution >= 4 is 31.5 Å². The molecule has 5 rings (SSSR count). The minimum atomic E-state index is -3.67. The van der Waals surface area contributed by atoms with Gasteiger partial charge in [-0.3, -0.25) is 0 Å². The Morgan fingerprint density at radius 3 is 2.19 bits per heavy atom. The van der Waals surface area contributed by atoms with Gasteiger partial charge in [-0.05, 0) is 70.8 Å². The van der Waals surface area contributed by atoms with Gasteiger partial charge in [-0.1, -0.05) is 60.7 Å². The topological polar surface area (TPSA) is 76.0 Å². The summed E-state index contributed by atoms with van der Waals surface area (Å²) >= 11 is 0. The van der Waals surface area contributed by atoms with E-state index in [0.717, 1.165) is 27.6 Å². The van der Waals surface area contributed by atoms with Crippen LogP contribution in [-0.4, -0.2) is 19.9 Å². The number of hydrogen-bond acceptors (Lipinski definition) is 3. The Labute approximate surface area is 181 Å². The van der Waals surface area contributed by atoms with Crippen LogP contribution in [0.25, 0.3) is 32.8 Å². The summed E-state index contributed by atoms with van der Waals surface area (Å²) in [5.41, 5.74) is 9.53. The Kier molecular flexibility index (Phi) is 4.85. The normalized spacial score (nSPS) is 11.9. The van der Waals surface area contributed by atoms with E-state index in [1.54, 1.807) is 30.3 Å². The van der Waals surface area contributed by atoms with Crippen LogP contribution in [0.15, 0.2) is 101 Å². The van der Waals surface area contributed by atoms with Gasteiger partial charge in [-0.15, -0.1) is 0 Å². The SMILES string of the molecule is NCCc1c(S(=O)(=O)c2ccccc2)[nH]c2ccc(-c3ccc4ccccc4c3)cc12. The molecule has 5 aromatic rings. The molecule has 1 aromatic heterocycles. The van der Waals surface area contributed by atoms with Crippen molar-refractivity contribution in [2.75, 3.05) is 6.54 Å². The van der Waals surface area contributed by atoms with Crippen LogP contribution in [0, 0.1) is 0 Å². The first-order valence-electron chi connectivity index (χ1n) is 10.2. The highest BCUT2D eigenvalue weighted by atomic mass is 32.2. The van der Waals surface area contributed by atoms with Gasteiger partial charge in [-0.25, -0.2) is 8.42 Å². The average Bonchev–Trinajstić information content (AvgIpc) is 3.18.